The van der Waals surface area contributed by atoms with Gasteiger partial charge >= 0.3 is 0 Å². The summed E-state index contributed by atoms with van der Waals surface area (Å²) < 4.78 is 28.1. The zero-order chi connectivity index (χ0) is 16.4. The fourth-order valence-corrected chi connectivity index (χ4v) is 2.45. The van der Waals surface area contributed by atoms with Crippen molar-refractivity contribution in [2.24, 2.45) is 0 Å². The molecule has 0 bridgehead atoms. The van der Waals surface area contributed by atoms with Gasteiger partial charge in [0.2, 0.25) is 0 Å². The van der Waals surface area contributed by atoms with Crippen LogP contribution >= 0.6 is 0 Å². The third-order valence-electron chi connectivity index (χ3n) is 3.75. The summed E-state index contributed by atoms with van der Waals surface area (Å²) in [7, 11) is 0. The molecular weight excluding hydrogens is 292 g/mol. The standard InChI is InChI=1S/C20H13F2N/c1-13-2-4-14(5-3-13)15-8-9-18(20(22)10-15)16-6-7-17(12-23)19(21)11-16/h2-11H,1H3. The molecule has 0 radical (unpaired) electrons. The van der Waals surface area contributed by atoms with Gasteiger partial charge in [0.1, 0.15) is 17.7 Å². The lowest BCUT2D eigenvalue weighted by Crippen LogP contribution is -1.90. The maximum Gasteiger partial charge on any atom is 0.141 e. The van der Waals surface area contributed by atoms with Crippen LogP contribution in [0.15, 0.2) is 60.7 Å². The summed E-state index contributed by atoms with van der Waals surface area (Å²) in [4.78, 5) is 0. The summed E-state index contributed by atoms with van der Waals surface area (Å²) in [6.45, 7) is 1.99. The van der Waals surface area contributed by atoms with Crippen molar-refractivity contribution in [2.75, 3.05) is 0 Å². The van der Waals surface area contributed by atoms with Crippen LogP contribution in [0.25, 0.3) is 22.3 Å². The number of halogens is 2. The molecule has 3 aromatic carbocycles. The Labute approximate surface area is 133 Å². The molecule has 0 aliphatic heterocycles. The van der Waals surface area contributed by atoms with Crippen molar-refractivity contribution >= 4 is 0 Å². The first-order valence-electron chi connectivity index (χ1n) is 7.15. The number of hydrogen-bond acceptors (Lipinski definition) is 1. The Bertz CT molecular complexity index is 906. The molecule has 3 aromatic rings. The number of nitriles is 1. The van der Waals surface area contributed by atoms with Gasteiger partial charge in [-0.25, -0.2) is 8.78 Å². The molecule has 0 atom stereocenters. The van der Waals surface area contributed by atoms with Crippen molar-refractivity contribution in [3.63, 3.8) is 0 Å². The van der Waals surface area contributed by atoms with E-state index in [2.05, 4.69) is 0 Å². The SMILES string of the molecule is Cc1ccc(-c2ccc(-c3ccc(C#N)c(F)c3)c(F)c2)cc1. The molecule has 0 saturated carbocycles. The van der Waals surface area contributed by atoms with E-state index in [0.29, 0.717) is 11.1 Å². The van der Waals surface area contributed by atoms with E-state index in [4.69, 9.17) is 5.26 Å². The molecule has 3 heteroatoms. The van der Waals surface area contributed by atoms with Crippen LogP contribution in [0.2, 0.25) is 0 Å². The molecular formula is C20H13F2N. The Morgan fingerprint density at radius 1 is 0.739 bits per heavy atom. The van der Waals surface area contributed by atoms with Gasteiger partial charge in [0.05, 0.1) is 5.56 Å². The Morgan fingerprint density at radius 3 is 1.96 bits per heavy atom. The first kappa shape index (κ1) is 14.9. The smallest absolute Gasteiger partial charge is 0.141 e. The summed E-state index contributed by atoms with van der Waals surface area (Å²) in [5.74, 6) is -1.07. The quantitative estimate of drug-likeness (QED) is 0.615. The second-order valence-corrected chi connectivity index (χ2v) is 5.37. The highest BCUT2D eigenvalue weighted by molar-refractivity contribution is 5.71. The largest absolute Gasteiger partial charge is 0.206 e. The minimum atomic E-state index is -0.646. The Balaban J connectivity index is 2.01. The lowest BCUT2D eigenvalue weighted by atomic mass is 9.98. The van der Waals surface area contributed by atoms with E-state index in [0.717, 1.165) is 16.7 Å². The lowest BCUT2D eigenvalue weighted by Gasteiger charge is -2.08. The molecule has 0 N–H and O–H groups in total. The highest BCUT2D eigenvalue weighted by Crippen LogP contribution is 2.29. The van der Waals surface area contributed by atoms with Gasteiger partial charge in [0, 0.05) is 5.56 Å². The van der Waals surface area contributed by atoms with Crippen molar-refractivity contribution in [1.29, 1.82) is 5.26 Å². The molecule has 0 saturated heterocycles. The van der Waals surface area contributed by atoms with E-state index in [1.807, 2.05) is 31.2 Å². The van der Waals surface area contributed by atoms with Gasteiger partial charge in [0.15, 0.2) is 0 Å². The fourth-order valence-electron chi connectivity index (χ4n) is 2.45. The molecule has 23 heavy (non-hydrogen) atoms. The van der Waals surface area contributed by atoms with Crippen LogP contribution in [0.4, 0.5) is 8.78 Å². The number of rotatable bonds is 2. The average molecular weight is 305 g/mol. The Kier molecular flexibility index (Phi) is 3.91. The van der Waals surface area contributed by atoms with Gasteiger partial charge in [-0.1, -0.05) is 48.0 Å². The predicted octanol–water partition coefficient (Wildman–Crippen LogP) is 5.48. The van der Waals surface area contributed by atoms with Gasteiger partial charge in [-0.05, 0) is 41.8 Å². The lowest BCUT2D eigenvalue weighted by molar-refractivity contribution is 0.622. The van der Waals surface area contributed by atoms with Gasteiger partial charge in [-0.3, -0.25) is 0 Å². The summed E-state index contributed by atoms with van der Waals surface area (Å²) in [5.41, 5.74) is 3.50. The van der Waals surface area contributed by atoms with Crippen LogP contribution in [0.1, 0.15) is 11.1 Å². The second kappa shape index (κ2) is 6.02. The second-order valence-electron chi connectivity index (χ2n) is 5.37. The third-order valence-corrected chi connectivity index (χ3v) is 3.75. The maximum atomic E-state index is 14.4. The van der Waals surface area contributed by atoms with Gasteiger partial charge in [0.25, 0.3) is 0 Å². The molecule has 0 heterocycles. The normalized spacial score (nSPS) is 10.3. The van der Waals surface area contributed by atoms with Crippen molar-refractivity contribution in [3.8, 4) is 28.3 Å². The third kappa shape index (κ3) is 2.97. The molecule has 0 aromatic heterocycles. The Morgan fingerprint density at radius 2 is 1.35 bits per heavy atom. The minimum absolute atomic E-state index is 0.0505. The van der Waals surface area contributed by atoms with Crippen LogP contribution in [0.3, 0.4) is 0 Å². The molecule has 3 rings (SSSR count). The average Bonchev–Trinajstić information content (AvgIpc) is 2.55. The van der Waals surface area contributed by atoms with E-state index in [1.165, 1.54) is 18.2 Å². The molecule has 0 aliphatic carbocycles. The molecule has 112 valence electrons. The van der Waals surface area contributed by atoms with E-state index in [-0.39, 0.29) is 5.56 Å². The van der Waals surface area contributed by atoms with E-state index < -0.39 is 11.6 Å². The first-order valence-corrected chi connectivity index (χ1v) is 7.15. The van der Waals surface area contributed by atoms with Crippen LogP contribution in [0, 0.1) is 29.9 Å². The summed E-state index contributed by atoms with van der Waals surface area (Å²) in [5, 5.41) is 8.75. The minimum Gasteiger partial charge on any atom is -0.206 e. The molecule has 0 amide bonds. The molecule has 0 unspecified atom stereocenters. The van der Waals surface area contributed by atoms with E-state index in [1.54, 1.807) is 24.3 Å². The van der Waals surface area contributed by atoms with Crippen molar-refractivity contribution in [2.45, 2.75) is 6.92 Å². The van der Waals surface area contributed by atoms with Gasteiger partial charge in [-0.15, -0.1) is 0 Å². The topological polar surface area (TPSA) is 23.8 Å². The number of hydrogen-bond donors (Lipinski definition) is 0. The van der Waals surface area contributed by atoms with Gasteiger partial charge < -0.3 is 0 Å². The zero-order valence-corrected chi connectivity index (χ0v) is 12.5. The molecule has 0 fully saturated rings. The number of nitrogens with zero attached hydrogens (tertiary/aromatic N) is 1. The Hall–Kier alpha value is -2.99. The van der Waals surface area contributed by atoms with Crippen molar-refractivity contribution in [1.82, 2.24) is 0 Å². The fraction of sp³-hybridized carbons (Fsp3) is 0.0500. The van der Waals surface area contributed by atoms with Crippen molar-refractivity contribution in [3.05, 3.63) is 83.4 Å². The molecule has 0 aliphatic rings. The highest BCUT2D eigenvalue weighted by Gasteiger charge is 2.10. The maximum absolute atomic E-state index is 14.4. The zero-order valence-electron chi connectivity index (χ0n) is 12.5. The summed E-state index contributed by atoms with van der Waals surface area (Å²) in [6.07, 6.45) is 0. The highest BCUT2D eigenvalue weighted by atomic mass is 19.1. The predicted molar refractivity (Wildman–Crippen MR) is 86.7 cm³/mol. The number of benzene rings is 3. The van der Waals surface area contributed by atoms with E-state index in [9.17, 15) is 8.78 Å². The van der Waals surface area contributed by atoms with Crippen LogP contribution in [-0.4, -0.2) is 0 Å². The van der Waals surface area contributed by atoms with Gasteiger partial charge in [-0.2, -0.15) is 5.26 Å². The van der Waals surface area contributed by atoms with Crippen molar-refractivity contribution < 1.29 is 8.78 Å². The van der Waals surface area contributed by atoms with Crippen LogP contribution < -0.4 is 0 Å². The van der Waals surface area contributed by atoms with Crippen LogP contribution in [0.5, 0.6) is 0 Å². The van der Waals surface area contributed by atoms with E-state index >= 15 is 0 Å². The number of aryl methyl sites for hydroxylation is 1. The summed E-state index contributed by atoms with van der Waals surface area (Å²) >= 11 is 0. The monoisotopic (exact) mass is 305 g/mol. The van der Waals surface area contributed by atoms with Crippen LogP contribution in [-0.2, 0) is 0 Å². The molecule has 1 nitrogen and oxygen atoms in total. The summed E-state index contributed by atoms with van der Waals surface area (Å²) in [6, 6.07) is 18.5. The molecule has 0 spiro atoms. The first-order chi connectivity index (χ1) is 11.1.